The zero-order valence-electron chi connectivity index (χ0n) is 8.69. The summed E-state index contributed by atoms with van der Waals surface area (Å²) in [6.07, 6.45) is 3.85. The van der Waals surface area contributed by atoms with Gasteiger partial charge in [-0.2, -0.15) is 0 Å². The van der Waals surface area contributed by atoms with E-state index >= 15 is 0 Å². The van der Waals surface area contributed by atoms with Crippen molar-refractivity contribution in [1.82, 2.24) is 10.2 Å². The van der Waals surface area contributed by atoms with Gasteiger partial charge in [0.25, 0.3) is 0 Å². The Labute approximate surface area is 76.3 Å². The van der Waals surface area contributed by atoms with E-state index in [1.54, 1.807) is 0 Å². The molecule has 0 aliphatic carbocycles. The molecule has 1 aliphatic rings. The molecule has 0 amide bonds. The van der Waals surface area contributed by atoms with Gasteiger partial charge in [0.2, 0.25) is 0 Å². The van der Waals surface area contributed by atoms with E-state index in [0.717, 1.165) is 0 Å². The van der Waals surface area contributed by atoms with E-state index in [1.807, 2.05) is 0 Å². The number of piperidine rings is 1. The van der Waals surface area contributed by atoms with Crippen molar-refractivity contribution >= 4 is 0 Å². The Morgan fingerprint density at radius 2 is 1.92 bits per heavy atom. The number of nitrogens with one attached hydrogen (secondary N) is 1. The van der Waals surface area contributed by atoms with Crippen LogP contribution in [0.15, 0.2) is 0 Å². The lowest BCUT2D eigenvalue weighted by atomic mass is 9.89. The van der Waals surface area contributed by atoms with Crippen molar-refractivity contribution in [3.8, 4) is 0 Å². The van der Waals surface area contributed by atoms with E-state index in [1.165, 1.54) is 38.9 Å². The van der Waals surface area contributed by atoms with Gasteiger partial charge in [-0.05, 0) is 52.9 Å². The fraction of sp³-hybridized carbons (Fsp3) is 1.00. The van der Waals surface area contributed by atoms with Gasteiger partial charge in [0.05, 0.1) is 0 Å². The highest BCUT2D eigenvalue weighted by Crippen LogP contribution is 2.23. The van der Waals surface area contributed by atoms with Gasteiger partial charge in [-0.25, -0.2) is 0 Å². The summed E-state index contributed by atoms with van der Waals surface area (Å²) in [7, 11) is 2.26. The van der Waals surface area contributed by atoms with Crippen molar-refractivity contribution in [2.24, 2.45) is 0 Å². The molecule has 1 N–H and O–H groups in total. The van der Waals surface area contributed by atoms with Crippen LogP contribution < -0.4 is 5.32 Å². The summed E-state index contributed by atoms with van der Waals surface area (Å²) in [5.74, 6) is 0. The first-order chi connectivity index (χ1) is 5.69. The summed E-state index contributed by atoms with van der Waals surface area (Å²) in [6.45, 7) is 8.25. The summed E-state index contributed by atoms with van der Waals surface area (Å²) in [6, 6.07) is 0. The second-order valence-corrected chi connectivity index (χ2v) is 4.17. The molecule has 2 heteroatoms. The maximum atomic E-state index is 3.41. The maximum absolute atomic E-state index is 3.41. The molecule has 1 aliphatic heterocycles. The van der Waals surface area contributed by atoms with E-state index in [2.05, 4.69) is 31.1 Å². The molecule has 1 saturated heterocycles. The lowest BCUT2D eigenvalue weighted by Crippen LogP contribution is -2.51. The van der Waals surface area contributed by atoms with Crippen molar-refractivity contribution in [2.75, 3.05) is 26.7 Å². The van der Waals surface area contributed by atoms with Crippen LogP contribution in [-0.4, -0.2) is 37.1 Å². The minimum absolute atomic E-state index is 0.460. The van der Waals surface area contributed by atoms with Crippen LogP contribution in [-0.2, 0) is 0 Å². The Bertz CT molecular complexity index is 128. The van der Waals surface area contributed by atoms with Crippen LogP contribution in [0, 0.1) is 0 Å². The largest absolute Gasteiger partial charge is 0.317 e. The van der Waals surface area contributed by atoms with Crippen LogP contribution >= 0.6 is 0 Å². The second-order valence-electron chi connectivity index (χ2n) is 4.17. The molecular weight excluding hydrogens is 148 g/mol. The first kappa shape index (κ1) is 10.0. The summed E-state index contributed by atoms with van der Waals surface area (Å²) in [4.78, 5) is 2.52. The van der Waals surface area contributed by atoms with E-state index in [-0.39, 0.29) is 0 Å². The molecular formula is C10H22N2. The smallest absolute Gasteiger partial charge is 0.0202 e. The fourth-order valence-electron chi connectivity index (χ4n) is 1.95. The van der Waals surface area contributed by atoms with Crippen molar-refractivity contribution < 1.29 is 0 Å². The van der Waals surface area contributed by atoms with Crippen LogP contribution in [0.4, 0.5) is 0 Å². The summed E-state index contributed by atoms with van der Waals surface area (Å²) < 4.78 is 0. The predicted octanol–water partition coefficient (Wildman–Crippen LogP) is 1.47. The van der Waals surface area contributed by atoms with Crippen molar-refractivity contribution in [1.29, 1.82) is 0 Å². The molecule has 0 radical (unpaired) electrons. The van der Waals surface area contributed by atoms with Gasteiger partial charge in [0, 0.05) is 5.54 Å². The first-order valence-electron chi connectivity index (χ1n) is 5.11. The van der Waals surface area contributed by atoms with E-state index in [4.69, 9.17) is 0 Å². The Morgan fingerprint density at radius 3 is 2.42 bits per heavy atom. The molecule has 0 atom stereocenters. The molecule has 0 aromatic rings. The summed E-state index contributed by atoms with van der Waals surface area (Å²) in [5.41, 5.74) is 0.460. The van der Waals surface area contributed by atoms with E-state index < -0.39 is 0 Å². The highest BCUT2D eigenvalue weighted by atomic mass is 15.2. The van der Waals surface area contributed by atoms with Gasteiger partial charge < -0.3 is 10.2 Å². The number of hydrogen-bond acceptors (Lipinski definition) is 2. The molecule has 0 spiro atoms. The van der Waals surface area contributed by atoms with E-state index in [9.17, 15) is 0 Å². The molecule has 1 fully saturated rings. The molecule has 0 aromatic carbocycles. The normalized spacial score (nSPS) is 23.0. The van der Waals surface area contributed by atoms with Crippen LogP contribution in [0.3, 0.4) is 0 Å². The second kappa shape index (κ2) is 4.24. The quantitative estimate of drug-likeness (QED) is 0.690. The number of hydrogen-bond donors (Lipinski definition) is 1. The third kappa shape index (κ3) is 2.20. The number of rotatable bonds is 3. The lowest BCUT2D eigenvalue weighted by Gasteiger charge is -2.42. The Kier molecular flexibility index (Phi) is 3.53. The van der Waals surface area contributed by atoms with Gasteiger partial charge in [0.1, 0.15) is 0 Å². The molecule has 12 heavy (non-hydrogen) atoms. The maximum Gasteiger partial charge on any atom is 0.0202 e. The lowest BCUT2D eigenvalue weighted by molar-refractivity contribution is 0.100. The highest BCUT2D eigenvalue weighted by Gasteiger charge is 2.29. The third-order valence-electron chi connectivity index (χ3n) is 3.16. The highest BCUT2D eigenvalue weighted by molar-refractivity contribution is 4.88. The average molecular weight is 170 g/mol. The molecule has 1 heterocycles. The summed E-state index contributed by atoms with van der Waals surface area (Å²) in [5, 5.41) is 3.41. The van der Waals surface area contributed by atoms with Gasteiger partial charge in [-0.3, -0.25) is 0 Å². The SMILES string of the molecule is CCCN(C)C1(C)CCNCC1. The van der Waals surface area contributed by atoms with Gasteiger partial charge in [0.15, 0.2) is 0 Å². The van der Waals surface area contributed by atoms with Crippen LogP contribution in [0.1, 0.15) is 33.1 Å². The predicted molar refractivity (Wildman–Crippen MR) is 53.4 cm³/mol. The molecule has 0 unspecified atom stereocenters. The monoisotopic (exact) mass is 170 g/mol. The Balaban J connectivity index is 2.44. The fourth-order valence-corrected chi connectivity index (χ4v) is 1.95. The van der Waals surface area contributed by atoms with Crippen molar-refractivity contribution in [3.05, 3.63) is 0 Å². The van der Waals surface area contributed by atoms with Crippen LogP contribution in [0.2, 0.25) is 0 Å². The van der Waals surface area contributed by atoms with Crippen molar-refractivity contribution in [2.45, 2.75) is 38.6 Å². The van der Waals surface area contributed by atoms with Gasteiger partial charge >= 0.3 is 0 Å². The van der Waals surface area contributed by atoms with Gasteiger partial charge in [-0.1, -0.05) is 6.92 Å². The minimum atomic E-state index is 0.460. The molecule has 0 bridgehead atoms. The average Bonchev–Trinajstić information content (AvgIpc) is 2.06. The molecule has 0 saturated carbocycles. The van der Waals surface area contributed by atoms with Gasteiger partial charge in [-0.15, -0.1) is 0 Å². The Morgan fingerprint density at radius 1 is 1.33 bits per heavy atom. The standard InChI is InChI=1S/C10H22N2/c1-4-9-12(3)10(2)5-7-11-8-6-10/h11H,4-9H2,1-3H3. The minimum Gasteiger partial charge on any atom is -0.317 e. The zero-order chi connectivity index (χ0) is 9.03. The van der Waals surface area contributed by atoms with Crippen LogP contribution in [0.25, 0.3) is 0 Å². The van der Waals surface area contributed by atoms with Crippen molar-refractivity contribution in [3.63, 3.8) is 0 Å². The summed E-state index contributed by atoms with van der Waals surface area (Å²) >= 11 is 0. The molecule has 2 nitrogen and oxygen atoms in total. The number of nitrogens with zero attached hydrogens (tertiary/aromatic N) is 1. The third-order valence-corrected chi connectivity index (χ3v) is 3.16. The molecule has 0 aromatic heterocycles. The zero-order valence-corrected chi connectivity index (χ0v) is 8.69. The topological polar surface area (TPSA) is 15.3 Å². The Hall–Kier alpha value is -0.0800. The van der Waals surface area contributed by atoms with Crippen LogP contribution in [0.5, 0.6) is 0 Å². The van der Waals surface area contributed by atoms with E-state index in [0.29, 0.717) is 5.54 Å². The first-order valence-corrected chi connectivity index (χ1v) is 5.11. The molecule has 72 valence electrons. The molecule has 1 rings (SSSR count).